The smallest absolute Gasteiger partial charge is 0.302 e. The molecule has 2 aromatic rings. The van der Waals surface area contributed by atoms with Crippen molar-refractivity contribution in [3.63, 3.8) is 0 Å². The minimum atomic E-state index is -0.326. The molecule has 32 heavy (non-hydrogen) atoms. The SMILES string of the molecule is CC(=O)OC[C@@H]1Cc2ccccc2C(=O)N1.CC(=O)OC[C@@H]1Cc2ccccc2C(=O)N1. The fourth-order valence-corrected chi connectivity index (χ4v) is 3.64. The predicted octanol–water partition coefficient (Wildman–Crippen LogP) is 1.81. The van der Waals surface area contributed by atoms with Gasteiger partial charge >= 0.3 is 11.9 Å². The molecule has 2 aromatic carbocycles. The lowest BCUT2D eigenvalue weighted by molar-refractivity contribution is -0.142. The van der Waals surface area contributed by atoms with Gasteiger partial charge in [0.05, 0.1) is 12.1 Å². The lowest BCUT2D eigenvalue weighted by Crippen LogP contribution is -2.44. The largest absolute Gasteiger partial charge is 0.464 e. The van der Waals surface area contributed by atoms with Crippen LogP contribution in [-0.4, -0.2) is 49.1 Å². The van der Waals surface area contributed by atoms with E-state index in [4.69, 9.17) is 9.47 Å². The number of carbonyl (C=O) groups excluding carboxylic acids is 4. The Morgan fingerprint density at radius 2 is 1.12 bits per heavy atom. The van der Waals surface area contributed by atoms with Gasteiger partial charge < -0.3 is 20.1 Å². The van der Waals surface area contributed by atoms with Crippen LogP contribution in [0.3, 0.4) is 0 Å². The number of carbonyl (C=O) groups is 4. The highest BCUT2D eigenvalue weighted by Gasteiger charge is 2.25. The van der Waals surface area contributed by atoms with Crippen molar-refractivity contribution < 1.29 is 28.7 Å². The first-order chi connectivity index (χ1) is 15.3. The molecule has 2 aliphatic rings. The van der Waals surface area contributed by atoms with Crippen LogP contribution in [0.1, 0.15) is 45.7 Å². The molecule has 0 radical (unpaired) electrons. The average Bonchev–Trinajstić information content (AvgIpc) is 2.77. The third-order valence-corrected chi connectivity index (χ3v) is 5.10. The molecule has 8 heteroatoms. The molecule has 0 saturated heterocycles. The van der Waals surface area contributed by atoms with Crippen molar-refractivity contribution in [3.05, 3.63) is 70.8 Å². The van der Waals surface area contributed by atoms with E-state index in [9.17, 15) is 19.2 Å². The van der Waals surface area contributed by atoms with Gasteiger partial charge in [-0.1, -0.05) is 36.4 Å². The Bertz CT molecular complexity index is 938. The van der Waals surface area contributed by atoms with Crippen LogP contribution in [-0.2, 0) is 31.9 Å². The molecule has 0 unspecified atom stereocenters. The van der Waals surface area contributed by atoms with Gasteiger partial charge in [0.2, 0.25) is 0 Å². The second-order valence-electron chi connectivity index (χ2n) is 7.67. The van der Waals surface area contributed by atoms with E-state index in [0.29, 0.717) is 24.0 Å². The van der Waals surface area contributed by atoms with E-state index >= 15 is 0 Å². The Hall–Kier alpha value is -3.68. The number of esters is 2. The molecule has 0 fully saturated rings. The number of ether oxygens (including phenoxy) is 2. The zero-order valence-corrected chi connectivity index (χ0v) is 18.1. The van der Waals surface area contributed by atoms with Crippen molar-refractivity contribution in [3.8, 4) is 0 Å². The van der Waals surface area contributed by atoms with Gasteiger partial charge in [0, 0.05) is 25.0 Å². The summed E-state index contributed by atoms with van der Waals surface area (Å²) in [5, 5.41) is 5.62. The maximum atomic E-state index is 11.7. The van der Waals surface area contributed by atoms with Gasteiger partial charge in [-0.15, -0.1) is 0 Å². The summed E-state index contributed by atoms with van der Waals surface area (Å²) in [6.07, 6.45) is 1.41. The van der Waals surface area contributed by atoms with Crippen LogP contribution in [0.25, 0.3) is 0 Å². The molecule has 4 rings (SSSR count). The highest BCUT2D eigenvalue weighted by Crippen LogP contribution is 2.17. The number of amides is 2. The average molecular weight is 438 g/mol. The van der Waals surface area contributed by atoms with E-state index < -0.39 is 0 Å². The standard InChI is InChI=1S/2C12H13NO3/c2*1-8(14)16-7-10-6-9-4-2-3-5-11(9)12(15)13-10/h2*2-5,10H,6-7H2,1H3,(H,13,15)/t2*10-/m00/s1. The normalized spacial score (nSPS) is 18.6. The Balaban J connectivity index is 0.000000181. The van der Waals surface area contributed by atoms with Gasteiger partial charge in [-0.3, -0.25) is 19.2 Å². The highest BCUT2D eigenvalue weighted by molar-refractivity contribution is 5.97. The van der Waals surface area contributed by atoms with Crippen molar-refractivity contribution in [1.29, 1.82) is 0 Å². The summed E-state index contributed by atoms with van der Waals surface area (Å²) in [6.45, 7) is 3.18. The van der Waals surface area contributed by atoms with E-state index in [1.54, 1.807) is 12.1 Å². The molecular weight excluding hydrogens is 412 g/mol. The molecule has 2 N–H and O–H groups in total. The maximum Gasteiger partial charge on any atom is 0.302 e. The first kappa shape index (κ1) is 23.0. The Labute approximate surface area is 186 Å². The lowest BCUT2D eigenvalue weighted by Gasteiger charge is -2.24. The summed E-state index contributed by atoms with van der Waals surface area (Å²) in [4.78, 5) is 44.7. The van der Waals surface area contributed by atoms with Crippen LogP contribution in [0.2, 0.25) is 0 Å². The highest BCUT2D eigenvalue weighted by atomic mass is 16.5. The molecule has 0 saturated carbocycles. The summed E-state index contributed by atoms with van der Waals surface area (Å²) in [7, 11) is 0. The summed E-state index contributed by atoms with van der Waals surface area (Å²) in [5.74, 6) is -0.848. The fourth-order valence-electron chi connectivity index (χ4n) is 3.64. The van der Waals surface area contributed by atoms with E-state index in [1.807, 2.05) is 36.4 Å². The van der Waals surface area contributed by atoms with Crippen molar-refractivity contribution in [2.24, 2.45) is 0 Å². The number of rotatable bonds is 4. The van der Waals surface area contributed by atoms with Crippen LogP contribution < -0.4 is 10.6 Å². The second-order valence-corrected chi connectivity index (χ2v) is 7.67. The Morgan fingerprint density at radius 1 is 0.750 bits per heavy atom. The molecule has 0 spiro atoms. The number of fused-ring (bicyclic) bond motifs is 2. The quantitative estimate of drug-likeness (QED) is 0.705. The zero-order chi connectivity index (χ0) is 23.1. The number of hydrogen-bond acceptors (Lipinski definition) is 6. The molecule has 8 nitrogen and oxygen atoms in total. The summed E-state index contributed by atoms with van der Waals surface area (Å²) < 4.78 is 9.78. The minimum absolute atomic E-state index is 0.0981. The number of nitrogens with one attached hydrogen (secondary N) is 2. The lowest BCUT2D eigenvalue weighted by atomic mass is 9.96. The third-order valence-electron chi connectivity index (χ3n) is 5.10. The first-order valence-corrected chi connectivity index (χ1v) is 10.4. The van der Waals surface area contributed by atoms with Crippen molar-refractivity contribution in [2.45, 2.75) is 38.8 Å². The van der Waals surface area contributed by atoms with Crippen LogP contribution in [0, 0.1) is 0 Å². The summed E-state index contributed by atoms with van der Waals surface area (Å²) >= 11 is 0. The second kappa shape index (κ2) is 10.6. The fraction of sp³-hybridized carbons (Fsp3) is 0.333. The van der Waals surface area contributed by atoms with Crippen LogP contribution in [0.5, 0.6) is 0 Å². The van der Waals surface area contributed by atoms with E-state index in [1.165, 1.54) is 13.8 Å². The van der Waals surface area contributed by atoms with E-state index in [-0.39, 0.29) is 49.1 Å². The summed E-state index contributed by atoms with van der Waals surface area (Å²) in [5.41, 5.74) is 3.43. The third kappa shape index (κ3) is 6.16. The van der Waals surface area contributed by atoms with Gasteiger partial charge in [0.15, 0.2) is 0 Å². The molecule has 2 heterocycles. The number of benzene rings is 2. The van der Waals surface area contributed by atoms with Crippen molar-refractivity contribution in [2.75, 3.05) is 13.2 Å². The van der Waals surface area contributed by atoms with Gasteiger partial charge in [0.1, 0.15) is 13.2 Å². The maximum absolute atomic E-state index is 11.7. The van der Waals surface area contributed by atoms with Crippen molar-refractivity contribution >= 4 is 23.8 Å². The Morgan fingerprint density at radius 3 is 1.50 bits per heavy atom. The van der Waals surface area contributed by atoms with E-state index in [2.05, 4.69) is 10.6 Å². The zero-order valence-electron chi connectivity index (χ0n) is 18.1. The topological polar surface area (TPSA) is 111 Å². The molecule has 2 aliphatic heterocycles. The summed E-state index contributed by atoms with van der Waals surface area (Å²) in [6, 6.07) is 14.7. The molecule has 168 valence electrons. The van der Waals surface area contributed by atoms with Gasteiger partial charge in [-0.2, -0.15) is 0 Å². The van der Waals surface area contributed by atoms with Gasteiger partial charge in [-0.05, 0) is 36.1 Å². The van der Waals surface area contributed by atoms with Gasteiger partial charge in [-0.25, -0.2) is 0 Å². The predicted molar refractivity (Wildman–Crippen MR) is 116 cm³/mol. The molecular formula is C24H26N2O6. The molecule has 0 aromatic heterocycles. The molecule has 0 bridgehead atoms. The van der Waals surface area contributed by atoms with Crippen LogP contribution in [0.4, 0.5) is 0 Å². The van der Waals surface area contributed by atoms with Crippen LogP contribution in [0.15, 0.2) is 48.5 Å². The van der Waals surface area contributed by atoms with E-state index in [0.717, 1.165) is 11.1 Å². The monoisotopic (exact) mass is 438 g/mol. The molecule has 0 aliphatic carbocycles. The van der Waals surface area contributed by atoms with Crippen LogP contribution >= 0.6 is 0 Å². The minimum Gasteiger partial charge on any atom is -0.464 e. The first-order valence-electron chi connectivity index (χ1n) is 10.4. The van der Waals surface area contributed by atoms with Crippen molar-refractivity contribution in [1.82, 2.24) is 10.6 Å². The number of hydrogen-bond donors (Lipinski definition) is 2. The molecule has 2 atom stereocenters. The Kier molecular flexibility index (Phi) is 7.59. The van der Waals surface area contributed by atoms with Gasteiger partial charge in [0.25, 0.3) is 11.8 Å². The molecule has 2 amide bonds.